The van der Waals surface area contributed by atoms with Crippen molar-refractivity contribution in [2.75, 3.05) is 20.8 Å². The van der Waals surface area contributed by atoms with E-state index in [0.29, 0.717) is 0 Å². The Kier molecular flexibility index (Phi) is 6.28. The van der Waals surface area contributed by atoms with Gasteiger partial charge in [-0.1, -0.05) is 6.07 Å². The van der Waals surface area contributed by atoms with Crippen molar-refractivity contribution in [3.05, 3.63) is 23.8 Å². The maximum atomic E-state index is 12.3. The first-order chi connectivity index (χ1) is 11.1. The topological polar surface area (TPSA) is 64.8 Å². The molecular formula is C18H28N2O3. The number of benzene rings is 1. The molecule has 2 N–H and O–H groups in total. The Labute approximate surface area is 138 Å². The standard InChI is InChI=1S/C18H28N2O3/c1-13(19)18(21)20-11-5-4-6-15(20)9-7-14-8-10-16(22-2)17(12-14)23-3/h8,10,12-13,15H,4-7,9,11,19H2,1-3H3/t13-,15-/m1/s1. The second-order valence-corrected chi connectivity index (χ2v) is 6.20. The van der Waals surface area contributed by atoms with E-state index in [4.69, 9.17) is 15.2 Å². The van der Waals surface area contributed by atoms with Gasteiger partial charge in [-0.05, 0) is 56.7 Å². The molecule has 0 aromatic heterocycles. The summed E-state index contributed by atoms with van der Waals surface area (Å²) in [6.07, 6.45) is 5.18. The van der Waals surface area contributed by atoms with Crippen LogP contribution in [0.25, 0.3) is 0 Å². The summed E-state index contributed by atoms with van der Waals surface area (Å²) in [6.45, 7) is 2.60. The number of nitrogens with two attached hydrogens (primary N) is 1. The lowest BCUT2D eigenvalue weighted by Gasteiger charge is -2.37. The number of piperidine rings is 1. The largest absolute Gasteiger partial charge is 0.493 e. The van der Waals surface area contributed by atoms with Gasteiger partial charge in [-0.2, -0.15) is 0 Å². The van der Waals surface area contributed by atoms with E-state index >= 15 is 0 Å². The number of aryl methyl sites for hydroxylation is 1. The van der Waals surface area contributed by atoms with Crippen molar-refractivity contribution in [1.29, 1.82) is 0 Å². The maximum absolute atomic E-state index is 12.3. The third kappa shape index (κ3) is 4.38. The Bertz CT molecular complexity index is 531. The SMILES string of the molecule is COc1ccc(CC[C@H]2CCCCN2C(=O)[C@@H](C)N)cc1OC. The lowest BCUT2D eigenvalue weighted by atomic mass is 9.95. The summed E-state index contributed by atoms with van der Waals surface area (Å²) in [5.74, 6) is 1.56. The highest BCUT2D eigenvalue weighted by atomic mass is 16.5. The molecule has 1 aliphatic rings. The van der Waals surface area contributed by atoms with Crippen LogP contribution in [0.15, 0.2) is 18.2 Å². The molecule has 1 heterocycles. The van der Waals surface area contributed by atoms with Crippen molar-refractivity contribution < 1.29 is 14.3 Å². The van der Waals surface area contributed by atoms with E-state index in [1.807, 2.05) is 17.0 Å². The Morgan fingerprint density at radius 1 is 1.30 bits per heavy atom. The Morgan fingerprint density at radius 3 is 2.70 bits per heavy atom. The highest BCUT2D eigenvalue weighted by Gasteiger charge is 2.28. The number of likely N-dealkylation sites (tertiary alicyclic amines) is 1. The zero-order chi connectivity index (χ0) is 16.8. The van der Waals surface area contributed by atoms with Gasteiger partial charge in [-0.15, -0.1) is 0 Å². The molecule has 0 spiro atoms. The van der Waals surface area contributed by atoms with Gasteiger partial charge in [0, 0.05) is 12.6 Å². The van der Waals surface area contributed by atoms with Crippen LogP contribution in [-0.2, 0) is 11.2 Å². The summed E-state index contributed by atoms with van der Waals surface area (Å²) in [5.41, 5.74) is 6.98. The molecule has 5 heteroatoms. The lowest BCUT2D eigenvalue weighted by molar-refractivity contribution is -0.136. The molecule has 0 radical (unpaired) electrons. The van der Waals surface area contributed by atoms with Crippen LogP contribution in [0.3, 0.4) is 0 Å². The summed E-state index contributed by atoms with van der Waals surface area (Å²) in [6, 6.07) is 5.87. The smallest absolute Gasteiger partial charge is 0.239 e. The van der Waals surface area contributed by atoms with Crippen LogP contribution in [0, 0.1) is 0 Å². The number of methoxy groups -OCH3 is 2. The van der Waals surface area contributed by atoms with Crippen LogP contribution in [0.5, 0.6) is 11.5 Å². The molecule has 1 saturated heterocycles. The first-order valence-electron chi connectivity index (χ1n) is 8.33. The quantitative estimate of drug-likeness (QED) is 0.874. The molecule has 2 atom stereocenters. The fourth-order valence-corrected chi connectivity index (χ4v) is 3.22. The molecule has 0 bridgehead atoms. The molecule has 0 unspecified atom stereocenters. The second-order valence-electron chi connectivity index (χ2n) is 6.20. The molecule has 1 aromatic rings. The number of carbonyl (C=O) groups is 1. The van der Waals surface area contributed by atoms with E-state index < -0.39 is 6.04 Å². The van der Waals surface area contributed by atoms with Crippen LogP contribution < -0.4 is 15.2 Å². The summed E-state index contributed by atoms with van der Waals surface area (Å²) in [5, 5.41) is 0. The number of ether oxygens (including phenoxy) is 2. The van der Waals surface area contributed by atoms with Crippen molar-refractivity contribution in [2.45, 2.75) is 51.1 Å². The minimum atomic E-state index is -0.420. The number of rotatable bonds is 6. The number of nitrogens with zero attached hydrogens (tertiary/aromatic N) is 1. The molecule has 5 nitrogen and oxygen atoms in total. The summed E-state index contributed by atoms with van der Waals surface area (Å²) in [7, 11) is 3.28. The zero-order valence-corrected chi connectivity index (χ0v) is 14.4. The van der Waals surface area contributed by atoms with Crippen molar-refractivity contribution in [1.82, 2.24) is 4.90 Å². The highest BCUT2D eigenvalue weighted by molar-refractivity contribution is 5.81. The number of hydrogen-bond donors (Lipinski definition) is 1. The molecular weight excluding hydrogens is 292 g/mol. The number of hydrogen-bond acceptors (Lipinski definition) is 4. The van der Waals surface area contributed by atoms with Gasteiger partial charge < -0.3 is 20.1 Å². The molecule has 128 valence electrons. The normalized spacial score (nSPS) is 19.3. The van der Waals surface area contributed by atoms with E-state index in [2.05, 4.69) is 6.07 Å². The van der Waals surface area contributed by atoms with E-state index in [9.17, 15) is 4.79 Å². The average molecular weight is 320 g/mol. The molecule has 0 aliphatic carbocycles. The van der Waals surface area contributed by atoms with Crippen molar-refractivity contribution in [2.24, 2.45) is 5.73 Å². The number of carbonyl (C=O) groups excluding carboxylic acids is 1. The minimum absolute atomic E-state index is 0.0713. The van der Waals surface area contributed by atoms with Gasteiger partial charge in [-0.25, -0.2) is 0 Å². The summed E-state index contributed by atoms with van der Waals surface area (Å²) < 4.78 is 10.6. The monoisotopic (exact) mass is 320 g/mol. The first-order valence-corrected chi connectivity index (χ1v) is 8.33. The van der Waals surface area contributed by atoms with Crippen molar-refractivity contribution >= 4 is 5.91 Å². The lowest BCUT2D eigenvalue weighted by Crippen LogP contribution is -2.49. The van der Waals surface area contributed by atoms with Crippen LogP contribution in [0.1, 0.15) is 38.2 Å². The fraction of sp³-hybridized carbons (Fsp3) is 0.611. The predicted molar refractivity (Wildman–Crippen MR) is 90.9 cm³/mol. The van der Waals surface area contributed by atoms with Crippen LogP contribution in [0.4, 0.5) is 0 Å². The third-order valence-electron chi connectivity index (χ3n) is 4.51. The van der Waals surface area contributed by atoms with Crippen LogP contribution >= 0.6 is 0 Å². The van der Waals surface area contributed by atoms with E-state index in [-0.39, 0.29) is 11.9 Å². The summed E-state index contributed by atoms with van der Waals surface area (Å²) in [4.78, 5) is 14.2. The number of amides is 1. The summed E-state index contributed by atoms with van der Waals surface area (Å²) >= 11 is 0. The Morgan fingerprint density at radius 2 is 2.04 bits per heavy atom. The van der Waals surface area contributed by atoms with Gasteiger partial charge in [0.15, 0.2) is 11.5 Å². The van der Waals surface area contributed by atoms with Crippen molar-refractivity contribution in [3.63, 3.8) is 0 Å². The van der Waals surface area contributed by atoms with Gasteiger partial charge in [0.2, 0.25) is 5.91 Å². The van der Waals surface area contributed by atoms with E-state index in [1.54, 1.807) is 21.1 Å². The maximum Gasteiger partial charge on any atom is 0.239 e. The second kappa shape index (κ2) is 8.20. The minimum Gasteiger partial charge on any atom is -0.493 e. The molecule has 23 heavy (non-hydrogen) atoms. The highest BCUT2D eigenvalue weighted by Crippen LogP contribution is 2.29. The molecule has 1 aliphatic heterocycles. The Balaban J connectivity index is 2.02. The Hall–Kier alpha value is -1.75. The van der Waals surface area contributed by atoms with Gasteiger partial charge in [-0.3, -0.25) is 4.79 Å². The van der Waals surface area contributed by atoms with Gasteiger partial charge >= 0.3 is 0 Å². The molecule has 0 saturated carbocycles. The van der Waals surface area contributed by atoms with Crippen LogP contribution in [0.2, 0.25) is 0 Å². The van der Waals surface area contributed by atoms with E-state index in [0.717, 1.165) is 43.7 Å². The van der Waals surface area contributed by atoms with Gasteiger partial charge in [0.25, 0.3) is 0 Å². The molecule has 2 rings (SSSR count). The molecule has 1 amide bonds. The van der Waals surface area contributed by atoms with Gasteiger partial charge in [0.1, 0.15) is 0 Å². The first kappa shape index (κ1) is 17.6. The molecule has 1 fully saturated rings. The van der Waals surface area contributed by atoms with Crippen LogP contribution in [-0.4, -0.2) is 43.7 Å². The molecule has 1 aromatic carbocycles. The van der Waals surface area contributed by atoms with Gasteiger partial charge in [0.05, 0.1) is 20.3 Å². The predicted octanol–water partition coefficient (Wildman–Crippen LogP) is 2.36. The fourth-order valence-electron chi connectivity index (χ4n) is 3.22. The van der Waals surface area contributed by atoms with E-state index in [1.165, 1.54) is 12.0 Å². The third-order valence-corrected chi connectivity index (χ3v) is 4.51. The zero-order valence-electron chi connectivity index (χ0n) is 14.4. The van der Waals surface area contributed by atoms with Crippen molar-refractivity contribution in [3.8, 4) is 11.5 Å². The average Bonchev–Trinajstić information content (AvgIpc) is 2.59.